The molecule has 1 nitrogen and oxygen atoms in total. The molecule has 0 saturated heterocycles. The first-order chi connectivity index (χ1) is 10.2. The van der Waals surface area contributed by atoms with Gasteiger partial charge < -0.3 is 5.73 Å². The van der Waals surface area contributed by atoms with Gasteiger partial charge in [-0.15, -0.1) is 0 Å². The number of fused-ring (bicyclic) bond motifs is 3. The van der Waals surface area contributed by atoms with Gasteiger partial charge in [0.25, 0.3) is 0 Å². The topological polar surface area (TPSA) is 26.0 Å². The van der Waals surface area contributed by atoms with Crippen LogP contribution in [0, 0.1) is 11.8 Å². The Kier molecular flexibility index (Phi) is 3.25. The molecular weight excluding hydrogens is 301 g/mol. The lowest BCUT2D eigenvalue weighted by Gasteiger charge is -2.14. The molecule has 1 fully saturated rings. The molecule has 0 aromatic heterocycles. The van der Waals surface area contributed by atoms with Crippen LogP contribution in [0.15, 0.2) is 42.5 Å². The van der Waals surface area contributed by atoms with Crippen LogP contribution in [-0.2, 0) is 6.42 Å². The van der Waals surface area contributed by atoms with Gasteiger partial charge >= 0.3 is 0 Å². The van der Waals surface area contributed by atoms with Crippen LogP contribution < -0.4 is 5.73 Å². The molecule has 21 heavy (non-hydrogen) atoms. The second kappa shape index (κ2) is 5.01. The fourth-order valence-corrected chi connectivity index (χ4v) is 4.36. The van der Waals surface area contributed by atoms with Crippen molar-refractivity contribution in [2.24, 2.45) is 17.6 Å². The Labute approximate surface area is 135 Å². The van der Waals surface area contributed by atoms with Crippen molar-refractivity contribution in [1.82, 2.24) is 0 Å². The predicted molar refractivity (Wildman–Crippen MR) is 87.9 cm³/mol. The van der Waals surface area contributed by atoms with E-state index in [1.165, 1.54) is 24.0 Å². The Morgan fingerprint density at radius 3 is 2.67 bits per heavy atom. The molecule has 2 aliphatic carbocycles. The number of aryl methyl sites for hydroxylation is 1. The van der Waals surface area contributed by atoms with E-state index in [-0.39, 0.29) is 6.04 Å². The van der Waals surface area contributed by atoms with Crippen LogP contribution in [-0.4, -0.2) is 0 Å². The predicted octanol–water partition coefficient (Wildman–Crippen LogP) is 4.97. The third-order valence-corrected chi connectivity index (χ3v) is 5.87. The normalized spacial score (nSPS) is 27.7. The lowest BCUT2D eigenvalue weighted by atomic mass is 9.92. The fraction of sp³-hybridized carbons (Fsp3) is 0.333. The highest BCUT2D eigenvalue weighted by atomic mass is 35.5. The van der Waals surface area contributed by atoms with Crippen molar-refractivity contribution >= 4 is 23.2 Å². The van der Waals surface area contributed by atoms with Gasteiger partial charge in [-0.1, -0.05) is 53.5 Å². The van der Waals surface area contributed by atoms with Gasteiger partial charge in [0.05, 0.1) is 10.0 Å². The quantitative estimate of drug-likeness (QED) is 0.831. The molecule has 2 aliphatic rings. The summed E-state index contributed by atoms with van der Waals surface area (Å²) in [6.07, 6.45) is 2.43. The maximum absolute atomic E-state index is 6.53. The van der Waals surface area contributed by atoms with E-state index in [0.29, 0.717) is 21.9 Å². The van der Waals surface area contributed by atoms with Crippen LogP contribution in [0.25, 0.3) is 0 Å². The second-order valence-electron chi connectivity index (χ2n) is 6.20. The Morgan fingerprint density at radius 1 is 1.05 bits per heavy atom. The summed E-state index contributed by atoms with van der Waals surface area (Å²) in [7, 11) is 0. The molecule has 4 unspecified atom stereocenters. The van der Waals surface area contributed by atoms with E-state index in [9.17, 15) is 0 Å². The minimum Gasteiger partial charge on any atom is -0.324 e. The highest BCUT2D eigenvalue weighted by Gasteiger charge is 2.55. The average Bonchev–Trinajstić information content (AvgIpc) is 3.24. The van der Waals surface area contributed by atoms with Gasteiger partial charge in [0.2, 0.25) is 0 Å². The summed E-state index contributed by atoms with van der Waals surface area (Å²) in [5.74, 6) is 1.88. The van der Waals surface area contributed by atoms with E-state index in [1.54, 1.807) is 0 Å². The number of hydrogen-bond acceptors (Lipinski definition) is 1. The van der Waals surface area contributed by atoms with Gasteiger partial charge in [0.1, 0.15) is 0 Å². The van der Waals surface area contributed by atoms with Crippen LogP contribution in [0.1, 0.15) is 35.1 Å². The zero-order valence-electron chi connectivity index (χ0n) is 11.6. The molecule has 2 aromatic carbocycles. The summed E-state index contributed by atoms with van der Waals surface area (Å²) in [5, 5.41) is 1.18. The molecule has 0 spiro atoms. The van der Waals surface area contributed by atoms with Gasteiger partial charge in [-0.05, 0) is 59.4 Å². The van der Waals surface area contributed by atoms with E-state index < -0.39 is 0 Å². The summed E-state index contributed by atoms with van der Waals surface area (Å²) < 4.78 is 0. The van der Waals surface area contributed by atoms with E-state index in [0.717, 1.165) is 11.5 Å². The summed E-state index contributed by atoms with van der Waals surface area (Å²) in [6.45, 7) is 0. The lowest BCUT2D eigenvalue weighted by Crippen LogP contribution is -2.14. The van der Waals surface area contributed by atoms with Crippen LogP contribution in [0.4, 0.5) is 0 Å². The molecular formula is C18H17Cl2N. The molecule has 4 atom stereocenters. The number of benzene rings is 2. The van der Waals surface area contributed by atoms with Gasteiger partial charge in [-0.3, -0.25) is 0 Å². The summed E-state index contributed by atoms with van der Waals surface area (Å²) >= 11 is 12.1. The molecule has 0 amide bonds. The monoisotopic (exact) mass is 317 g/mol. The minimum absolute atomic E-state index is 0.0425. The summed E-state index contributed by atoms with van der Waals surface area (Å²) in [4.78, 5) is 0. The van der Waals surface area contributed by atoms with Crippen LogP contribution >= 0.6 is 23.2 Å². The Balaban J connectivity index is 1.63. The summed E-state index contributed by atoms with van der Waals surface area (Å²) in [6, 6.07) is 14.6. The Morgan fingerprint density at radius 2 is 1.86 bits per heavy atom. The average molecular weight is 318 g/mol. The van der Waals surface area contributed by atoms with Crippen molar-refractivity contribution in [3.63, 3.8) is 0 Å². The molecule has 0 heterocycles. The zero-order valence-corrected chi connectivity index (χ0v) is 13.1. The van der Waals surface area contributed by atoms with Crippen molar-refractivity contribution in [1.29, 1.82) is 0 Å². The number of nitrogens with two attached hydrogens (primary N) is 1. The number of rotatable bonds is 2. The first-order valence-corrected chi connectivity index (χ1v) is 8.21. The van der Waals surface area contributed by atoms with Gasteiger partial charge in [0, 0.05) is 6.04 Å². The van der Waals surface area contributed by atoms with E-state index in [4.69, 9.17) is 28.9 Å². The Hall–Kier alpha value is -1.02. The summed E-state index contributed by atoms with van der Waals surface area (Å²) in [5.41, 5.74) is 10.6. The largest absolute Gasteiger partial charge is 0.324 e. The zero-order chi connectivity index (χ0) is 14.6. The maximum Gasteiger partial charge on any atom is 0.0595 e. The van der Waals surface area contributed by atoms with Crippen molar-refractivity contribution in [3.05, 3.63) is 69.2 Å². The molecule has 0 radical (unpaired) electrons. The van der Waals surface area contributed by atoms with Crippen LogP contribution in [0.2, 0.25) is 10.0 Å². The third-order valence-electron chi connectivity index (χ3n) is 5.13. The van der Waals surface area contributed by atoms with Crippen molar-refractivity contribution in [3.8, 4) is 0 Å². The van der Waals surface area contributed by atoms with Gasteiger partial charge in [-0.25, -0.2) is 0 Å². The molecule has 0 bridgehead atoms. The molecule has 108 valence electrons. The first kappa shape index (κ1) is 13.6. The molecule has 2 N–H and O–H groups in total. The van der Waals surface area contributed by atoms with Gasteiger partial charge in [0.15, 0.2) is 0 Å². The number of hydrogen-bond donors (Lipinski definition) is 1. The highest BCUT2D eigenvalue weighted by molar-refractivity contribution is 6.42. The standard InChI is InChI=1S/C18H17Cl2N/c19-14-8-6-11(9-15(14)20)18(21)17-13-7-5-10-3-1-2-4-12(10)16(13)17/h1-4,6,8-9,13,16-18H,5,7,21H2. The molecule has 4 rings (SSSR count). The molecule has 0 aliphatic heterocycles. The smallest absolute Gasteiger partial charge is 0.0595 e. The van der Waals surface area contributed by atoms with Gasteiger partial charge in [-0.2, -0.15) is 0 Å². The van der Waals surface area contributed by atoms with E-state index >= 15 is 0 Å². The van der Waals surface area contributed by atoms with Crippen molar-refractivity contribution in [2.45, 2.75) is 24.8 Å². The second-order valence-corrected chi connectivity index (χ2v) is 7.02. The van der Waals surface area contributed by atoms with Crippen molar-refractivity contribution in [2.75, 3.05) is 0 Å². The van der Waals surface area contributed by atoms with E-state index in [1.807, 2.05) is 18.2 Å². The fourth-order valence-electron chi connectivity index (χ4n) is 4.05. The SMILES string of the molecule is NC(c1ccc(Cl)c(Cl)c1)C1C2CCc3ccccc3C21. The highest BCUT2D eigenvalue weighted by Crippen LogP contribution is 2.63. The molecule has 2 aromatic rings. The van der Waals surface area contributed by atoms with Crippen LogP contribution in [0.3, 0.4) is 0 Å². The van der Waals surface area contributed by atoms with Crippen molar-refractivity contribution < 1.29 is 0 Å². The lowest BCUT2D eigenvalue weighted by molar-refractivity contribution is 0.555. The molecule has 3 heteroatoms. The number of halogens is 2. The Bertz CT molecular complexity index is 697. The third kappa shape index (κ3) is 2.19. The maximum atomic E-state index is 6.53. The molecule has 1 saturated carbocycles. The minimum atomic E-state index is 0.0425. The van der Waals surface area contributed by atoms with E-state index in [2.05, 4.69) is 24.3 Å². The van der Waals surface area contributed by atoms with Crippen LogP contribution in [0.5, 0.6) is 0 Å². The first-order valence-electron chi connectivity index (χ1n) is 7.45.